The van der Waals surface area contributed by atoms with Crippen LogP contribution in [-0.2, 0) is 0 Å². The minimum Gasteiger partial charge on any atom is -0.383 e. The Morgan fingerprint density at radius 3 is 2.84 bits per heavy atom. The number of fused-ring (bicyclic) bond motifs is 1. The lowest BCUT2D eigenvalue weighted by Gasteiger charge is -2.08. The Bertz CT molecular complexity index is 718. The molecule has 0 atom stereocenters. The van der Waals surface area contributed by atoms with E-state index in [1.165, 1.54) is 0 Å². The number of pyridine rings is 1. The van der Waals surface area contributed by atoms with E-state index in [-0.39, 0.29) is 0 Å². The van der Waals surface area contributed by atoms with Crippen molar-refractivity contribution in [2.24, 2.45) is 0 Å². The molecule has 0 bridgehead atoms. The number of aromatic nitrogens is 3. The molecule has 0 unspecified atom stereocenters. The van der Waals surface area contributed by atoms with Crippen LogP contribution in [-0.4, -0.2) is 15.0 Å². The highest BCUT2D eigenvalue weighted by Gasteiger charge is 2.05. The van der Waals surface area contributed by atoms with Crippen molar-refractivity contribution < 1.29 is 0 Å². The molecule has 1 aromatic carbocycles. The van der Waals surface area contributed by atoms with Crippen molar-refractivity contribution >= 4 is 44.3 Å². The first-order valence-electron chi connectivity index (χ1n) is 5.63. The molecule has 0 aliphatic rings. The average molecular weight is 316 g/mol. The minimum absolute atomic E-state index is 0.405. The standard InChI is InChI=1S/C13H10BrN5/c14-11-7-12(15)19-13(18-11)17-10-5-1-4-9-8(10)3-2-6-16-9/h1-7H,(H3,15,17,18,19). The summed E-state index contributed by atoms with van der Waals surface area (Å²) >= 11 is 3.29. The van der Waals surface area contributed by atoms with E-state index in [1.807, 2.05) is 30.3 Å². The molecule has 0 aliphatic heterocycles. The summed E-state index contributed by atoms with van der Waals surface area (Å²) in [5.41, 5.74) is 7.50. The zero-order valence-corrected chi connectivity index (χ0v) is 11.4. The van der Waals surface area contributed by atoms with Gasteiger partial charge in [0.15, 0.2) is 0 Å². The lowest BCUT2D eigenvalue weighted by atomic mass is 10.2. The highest BCUT2D eigenvalue weighted by molar-refractivity contribution is 9.10. The summed E-state index contributed by atoms with van der Waals surface area (Å²) < 4.78 is 0.640. The predicted molar refractivity (Wildman–Crippen MR) is 79.2 cm³/mol. The monoisotopic (exact) mass is 315 g/mol. The lowest BCUT2D eigenvalue weighted by Crippen LogP contribution is -2.01. The van der Waals surface area contributed by atoms with Gasteiger partial charge in [0.2, 0.25) is 5.95 Å². The van der Waals surface area contributed by atoms with Gasteiger partial charge in [-0.15, -0.1) is 0 Å². The van der Waals surface area contributed by atoms with Gasteiger partial charge < -0.3 is 11.1 Å². The normalized spacial score (nSPS) is 10.6. The van der Waals surface area contributed by atoms with Gasteiger partial charge in [0.05, 0.1) is 11.2 Å². The number of halogens is 1. The molecule has 0 fully saturated rings. The van der Waals surface area contributed by atoms with Gasteiger partial charge in [-0.2, -0.15) is 4.98 Å². The van der Waals surface area contributed by atoms with Crippen LogP contribution in [0.1, 0.15) is 0 Å². The van der Waals surface area contributed by atoms with Gasteiger partial charge in [-0.3, -0.25) is 4.98 Å². The summed E-state index contributed by atoms with van der Waals surface area (Å²) in [4.78, 5) is 12.7. The maximum Gasteiger partial charge on any atom is 0.230 e. The van der Waals surface area contributed by atoms with Crippen LogP contribution in [0.2, 0.25) is 0 Å². The molecular formula is C13H10BrN5. The largest absolute Gasteiger partial charge is 0.383 e. The highest BCUT2D eigenvalue weighted by atomic mass is 79.9. The molecule has 0 spiro atoms. The van der Waals surface area contributed by atoms with Crippen LogP contribution in [0.5, 0.6) is 0 Å². The Hall–Kier alpha value is -2.21. The Morgan fingerprint density at radius 2 is 2.00 bits per heavy atom. The number of nitrogen functional groups attached to an aromatic ring is 1. The van der Waals surface area contributed by atoms with E-state index in [0.717, 1.165) is 16.6 Å². The molecule has 6 heteroatoms. The summed E-state index contributed by atoms with van der Waals surface area (Å²) in [5, 5.41) is 4.16. The molecule has 0 amide bonds. The van der Waals surface area contributed by atoms with Crippen molar-refractivity contribution in [1.82, 2.24) is 15.0 Å². The van der Waals surface area contributed by atoms with Crippen LogP contribution < -0.4 is 11.1 Å². The molecule has 3 N–H and O–H groups in total. The fourth-order valence-corrected chi connectivity index (χ4v) is 2.23. The van der Waals surface area contributed by atoms with E-state index in [0.29, 0.717) is 16.4 Å². The van der Waals surface area contributed by atoms with Gasteiger partial charge >= 0.3 is 0 Å². The van der Waals surface area contributed by atoms with Crippen LogP contribution in [0.25, 0.3) is 10.9 Å². The van der Waals surface area contributed by atoms with E-state index in [9.17, 15) is 0 Å². The van der Waals surface area contributed by atoms with Gasteiger partial charge in [0.25, 0.3) is 0 Å². The van der Waals surface area contributed by atoms with Crippen LogP contribution in [0.3, 0.4) is 0 Å². The first-order chi connectivity index (χ1) is 9.22. The molecule has 2 heterocycles. The molecule has 2 aromatic heterocycles. The molecule has 0 aliphatic carbocycles. The molecule has 0 saturated carbocycles. The number of anilines is 3. The summed E-state index contributed by atoms with van der Waals surface area (Å²) in [7, 11) is 0. The van der Waals surface area contributed by atoms with Crippen LogP contribution >= 0.6 is 15.9 Å². The van der Waals surface area contributed by atoms with E-state index in [4.69, 9.17) is 5.73 Å². The smallest absolute Gasteiger partial charge is 0.230 e. The summed E-state index contributed by atoms with van der Waals surface area (Å²) in [6.07, 6.45) is 1.76. The SMILES string of the molecule is Nc1cc(Br)nc(Nc2cccc3ncccc23)n1. The third-order valence-corrected chi connectivity index (χ3v) is 3.01. The maximum absolute atomic E-state index is 5.69. The first kappa shape index (κ1) is 11.9. The summed E-state index contributed by atoms with van der Waals surface area (Å²) in [5.74, 6) is 0.853. The number of benzene rings is 1. The van der Waals surface area contributed by atoms with E-state index >= 15 is 0 Å². The minimum atomic E-state index is 0.405. The number of nitrogens with two attached hydrogens (primary N) is 1. The van der Waals surface area contributed by atoms with Gasteiger partial charge in [-0.1, -0.05) is 6.07 Å². The van der Waals surface area contributed by atoms with Crippen molar-refractivity contribution in [3.8, 4) is 0 Å². The highest BCUT2D eigenvalue weighted by Crippen LogP contribution is 2.24. The van der Waals surface area contributed by atoms with E-state index in [1.54, 1.807) is 12.3 Å². The Labute approximate surface area is 118 Å². The Balaban J connectivity index is 2.05. The topological polar surface area (TPSA) is 76.7 Å². The fourth-order valence-electron chi connectivity index (χ4n) is 1.82. The molecular weight excluding hydrogens is 306 g/mol. The van der Waals surface area contributed by atoms with Crippen LogP contribution in [0.4, 0.5) is 17.5 Å². The number of rotatable bonds is 2. The average Bonchev–Trinajstić information content (AvgIpc) is 2.38. The van der Waals surface area contributed by atoms with E-state index < -0.39 is 0 Å². The van der Waals surface area contributed by atoms with Gasteiger partial charge in [-0.25, -0.2) is 4.98 Å². The zero-order valence-electron chi connectivity index (χ0n) is 9.84. The Kier molecular flexibility index (Phi) is 3.00. The van der Waals surface area contributed by atoms with E-state index in [2.05, 4.69) is 36.2 Å². The second-order valence-corrected chi connectivity index (χ2v) is 4.75. The number of nitrogens with zero attached hydrogens (tertiary/aromatic N) is 3. The first-order valence-corrected chi connectivity index (χ1v) is 6.42. The maximum atomic E-state index is 5.69. The van der Waals surface area contributed by atoms with Crippen molar-refractivity contribution in [2.75, 3.05) is 11.1 Å². The number of hydrogen-bond donors (Lipinski definition) is 2. The molecule has 94 valence electrons. The van der Waals surface area contributed by atoms with Gasteiger partial charge in [0.1, 0.15) is 10.4 Å². The number of hydrogen-bond acceptors (Lipinski definition) is 5. The van der Waals surface area contributed by atoms with Crippen LogP contribution in [0, 0.1) is 0 Å². The number of nitrogens with one attached hydrogen (secondary N) is 1. The van der Waals surface area contributed by atoms with Crippen molar-refractivity contribution in [3.05, 3.63) is 47.2 Å². The van der Waals surface area contributed by atoms with Gasteiger partial charge in [-0.05, 0) is 40.2 Å². The van der Waals surface area contributed by atoms with Crippen molar-refractivity contribution in [3.63, 3.8) is 0 Å². The van der Waals surface area contributed by atoms with Crippen molar-refractivity contribution in [1.29, 1.82) is 0 Å². The predicted octanol–water partition coefficient (Wildman–Crippen LogP) is 3.11. The quantitative estimate of drug-likeness (QED) is 0.710. The second kappa shape index (κ2) is 4.81. The van der Waals surface area contributed by atoms with Gasteiger partial charge in [0, 0.05) is 17.6 Å². The Morgan fingerprint density at radius 1 is 1.11 bits per heavy atom. The fraction of sp³-hybridized carbons (Fsp3) is 0. The molecule has 3 aromatic rings. The summed E-state index contributed by atoms with van der Waals surface area (Å²) in [6.45, 7) is 0. The molecule has 19 heavy (non-hydrogen) atoms. The molecule has 0 saturated heterocycles. The summed E-state index contributed by atoms with van der Waals surface area (Å²) in [6, 6.07) is 11.4. The van der Waals surface area contributed by atoms with Crippen molar-refractivity contribution in [2.45, 2.75) is 0 Å². The zero-order chi connectivity index (χ0) is 13.2. The third kappa shape index (κ3) is 2.48. The lowest BCUT2D eigenvalue weighted by molar-refractivity contribution is 1.15. The molecule has 0 radical (unpaired) electrons. The molecule has 5 nitrogen and oxygen atoms in total. The van der Waals surface area contributed by atoms with Crippen LogP contribution in [0.15, 0.2) is 47.2 Å². The third-order valence-electron chi connectivity index (χ3n) is 2.61. The molecule has 3 rings (SSSR count). The second-order valence-electron chi connectivity index (χ2n) is 3.94.